The SMILES string of the molecule is CC(O)c1cccc(SCc2cnn(C)c2)c1. The van der Waals surface area contributed by atoms with Crippen LogP contribution in [0.4, 0.5) is 0 Å². The maximum absolute atomic E-state index is 9.51. The summed E-state index contributed by atoms with van der Waals surface area (Å²) in [6, 6.07) is 8.02. The van der Waals surface area contributed by atoms with Gasteiger partial charge < -0.3 is 5.11 Å². The molecule has 90 valence electrons. The molecule has 2 rings (SSSR count). The molecule has 0 fully saturated rings. The van der Waals surface area contributed by atoms with Crippen LogP contribution in [0.3, 0.4) is 0 Å². The van der Waals surface area contributed by atoms with Gasteiger partial charge in [0.05, 0.1) is 12.3 Å². The highest BCUT2D eigenvalue weighted by atomic mass is 32.2. The predicted octanol–water partition coefficient (Wildman–Crippen LogP) is 2.77. The van der Waals surface area contributed by atoms with E-state index in [1.165, 1.54) is 10.5 Å². The largest absolute Gasteiger partial charge is 0.389 e. The number of aliphatic hydroxyl groups is 1. The van der Waals surface area contributed by atoms with E-state index in [4.69, 9.17) is 0 Å². The second-order valence-electron chi connectivity index (χ2n) is 4.06. The first-order valence-corrected chi connectivity index (χ1v) is 6.52. The van der Waals surface area contributed by atoms with Gasteiger partial charge in [-0.2, -0.15) is 5.10 Å². The summed E-state index contributed by atoms with van der Waals surface area (Å²) in [6.45, 7) is 1.78. The van der Waals surface area contributed by atoms with Gasteiger partial charge in [0.25, 0.3) is 0 Å². The molecule has 0 aliphatic heterocycles. The molecule has 0 radical (unpaired) electrons. The van der Waals surface area contributed by atoms with Crippen LogP contribution in [0.15, 0.2) is 41.6 Å². The molecule has 0 saturated carbocycles. The van der Waals surface area contributed by atoms with Crippen molar-refractivity contribution in [3.8, 4) is 0 Å². The fourth-order valence-electron chi connectivity index (χ4n) is 1.58. The van der Waals surface area contributed by atoms with Gasteiger partial charge in [0.2, 0.25) is 0 Å². The van der Waals surface area contributed by atoms with E-state index in [-0.39, 0.29) is 0 Å². The molecule has 0 saturated heterocycles. The minimum Gasteiger partial charge on any atom is -0.389 e. The lowest BCUT2D eigenvalue weighted by Crippen LogP contribution is -1.90. The number of aryl methyl sites for hydroxylation is 1. The number of nitrogens with zero attached hydrogens (tertiary/aromatic N) is 2. The molecule has 1 heterocycles. The van der Waals surface area contributed by atoms with Crippen molar-refractivity contribution in [2.75, 3.05) is 0 Å². The predicted molar refractivity (Wildman–Crippen MR) is 69.8 cm³/mol. The van der Waals surface area contributed by atoms with Gasteiger partial charge in [0.15, 0.2) is 0 Å². The molecule has 0 spiro atoms. The molecular formula is C13H16N2OS. The minimum atomic E-state index is -0.408. The fraction of sp³-hybridized carbons (Fsp3) is 0.308. The van der Waals surface area contributed by atoms with Crippen LogP contribution in [0, 0.1) is 0 Å². The second-order valence-corrected chi connectivity index (χ2v) is 5.11. The second kappa shape index (κ2) is 5.38. The van der Waals surface area contributed by atoms with Crippen molar-refractivity contribution < 1.29 is 5.11 Å². The first kappa shape index (κ1) is 12.2. The summed E-state index contributed by atoms with van der Waals surface area (Å²) in [7, 11) is 1.92. The van der Waals surface area contributed by atoms with Gasteiger partial charge >= 0.3 is 0 Å². The zero-order chi connectivity index (χ0) is 12.3. The summed E-state index contributed by atoms with van der Waals surface area (Å²) < 4.78 is 1.81. The Morgan fingerprint density at radius 2 is 2.29 bits per heavy atom. The lowest BCUT2D eigenvalue weighted by Gasteiger charge is -2.06. The average Bonchev–Trinajstić information content (AvgIpc) is 2.73. The van der Waals surface area contributed by atoms with E-state index in [2.05, 4.69) is 11.2 Å². The molecule has 1 aromatic carbocycles. The maximum atomic E-state index is 9.51. The van der Waals surface area contributed by atoms with Gasteiger partial charge in [-0.15, -0.1) is 11.8 Å². The molecule has 17 heavy (non-hydrogen) atoms. The molecule has 0 amide bonds. The standard InChI is InChI=1S/C13H16N2OS/c1-10(16)12-4-3-5-13(6-12)17-9-11-7-14-15(2)8-11/h3-8,10,16H,9H2,1-2H3. The van der Waals surface area contributed by atoms with E-state index in [1.807, 2.05) is 42.3 Å². The Morgan fingerprint density at radius 3 is 2.94 bits per heavy atom. The molecule has 3 nitrogen and oxygen atoms in total. The molecule has 4 heteroatoms. The molecule has 1 atom stereocenters. The Bertz CT molecular complexity index is 494. The Hall–Kier alpha value is -1.26. The Labute approximate surface area is 105 Å². The van der Waals surface area contributed by atoms with Crippen molar-refractivity contribution in [3.63, 3.8) is 0 Å². The van der Waals surface area contributed by atoms with Gasteiger partial charge in [-0.05, 0) is 24.6 Å². The molecule has 0 aliphatic carbocycles. The Kier molecular flexibility index (Phi) is 3.86. The Morgan fingerprint density at radius 1 is 1.47 bits per heavy atom. The van der Waals surface area contributed by atoms with Crippen molar-refractivity contribution in [2.45, 2.75) is 23.7 Å². The smallest absolute Gasteiger partial charge is 0.0762 e. The average molecular weight is 248 g/mol. The van der Waals surface area contributed by atoms with Crippen LogP contribution in [0.1, 0.15) is 24.2 Å². The van der Waals surface area contributed by atoms with Crippen molar-refractivity contribution in [3.05, 3.63) is 47.8 Å². The van der Waals surface area contributed by atoms with Crippen molar-refractivity contribution in [2.24, 2.45) is 7.05 Å². The molecular weight excluding hydrogens is 232 g/mol. The third-order valence-corrected chi connectivity index (χ3v) is 3.57. The van der Waals surface area contributed by atoms with Crippen molar-refractivity contribution in [1.82, 2.24) is 9.78 Å². The summed E-state index contributed by atoms with van der Waals surface area (Å²) in [5.41, 5.74) is 2.17. The molecule has 0 aliphatic rings. The van der Waals surface area contributed by atoms with E-state index in [9.17, 15) is 5.11 Å². The minimum absolute atomic E-state index is 0.408. The third kappa shape index (κ3) is 3.35. The summed E-state index contributed by atoms with van der Waals surface area (Å²) in [4.78, 5) is 1.17. The van der Waals surface area contributed by atoms with Crippen LogP contribution in [0.25, 0.3) is 0 Å². The van der Waals surface area contributed by atoms with Gasteiger partial charge in [-0.1, -0.05) is 12.1 Å². The normalized spacial score (nSPS) is 12.6. The molecule has 1 aromatic heterocycles. The Balaban J connectivity index is 2.01. The molecule has 0 bridgehead atoms. The van der Waals surface area contributed by atoms with Gasteiger partial charge in [0.1, 0.15) is 0 Å². The summed E-state index contributed by atoms with van der Waals surface area (Å²) >= 11 is 1.75. The van der Waals surface area contributed by atoms with E-state index < -0.39 is 6.10 Å². The highest BCUT2D eigenvalue weighted by molar-refractivity contribution is 7.98. The highest BCUT2D eigenvalue weighted by Gasteiger charge is 2.03. The zero-order valence-electron chi connectivity index (χ0n) is 10.00. The number of thioether (sulfide) groups is 1. The number of hydrogen-bond acceptors (Lipinski definition) is 3. The van der Waals surface area contributed by atoms with Crippen molar-refractivity contribution in [1.29, 1.82) is 0 Å². The number of aliphatic hydroxyl groups excluding tert-OH is 1. The summed E-state index contributed by atoms with van der Waals surface area (Å²) in [6.07, 6.45) is 3.49. The van der Waals surface area contributed by atoms with Gasteiger partial charge in [0, 0.05) is 29.5 Å². The topological polar surface area (TPSA) is 38.1 Å². The van der Waals surface area contributed by atoms with Crippen molar-refractivity contribution >= 4 is 11.8 Å². The summed E-state index contributed by atoms with van der Waals surface area (Å²) in [5.74, 6) is 0.900. The lowest BCUT2D eigenvalue weighted by molar-refractivity contribution is 0.199. The molecule has 1 unspecified atom stereocenters. The number of hydrogen-bond donors (Lipinski definition) is 1. The fourth-order valence-corrected chi connectivity index (χ4v) is 2.45. The first-order chi connectivity index (χ1) is 8.15. The van der Waals surface area contributed by atoms with E-state index in [0.717, 1.165) is 11.3 Å². The maximum Gasteiger partial charge on any atom is 0.0762 e. The third-order valence-electron chi connectivity index (χ3n) is 2.50. The molecule has 1 N–H and O–H groups in total. The number of benzene rings is 1. The highest BCUT2D eigenvalue weighted by Crippen LogP contribution is 2.25. The van der Waals surface area contributed by atoms with E-state index in [1.54, 1.807) is 18.7 Å². The molecule has 2 aromatic rings. The number of rotatable bonds is 4. The van der Waals surface area contributed by atoms with Crippen LogP contribution in [-0.2, 0) is 12.8 Å². The lowest BCUT2D eigenvalue weighted by atomic mass is 10.1. The first-order valence-electron chi connectivity index (χ1n) is 5.53. The van der Waals surface area contributed by atoms with Crippen LogP contribution in [0.2, 0.25) is 0 Å². The van der Waals surface area contributed by atoms with Crippen LogP contribution in [-0.4, -0.2) is 14.9 Å². The monoisotopic (exact) mass is 248 g/mol. The van der Waals surface area contributed by atoms with Crippen LogP contribution in [0.5, 0.6) is 0 Å². The summed E-state index contributed by atoms with van der Waals surface area (Å²) in [5, 5.41) is 13.7. The van der Waals surface area contributed by atoms with E-state index >= 15 is 0 Å². The quantitative estimate of drug-likeness (QED) is 0.845. The van der Waals surface area contributed by atoms with Gasteiger partial charge in [-0.25, -0.2) is 0 Å². The number of aromatic nitrogens is 2. The van der Waals surface area contributed by atoms with E-state index in [0.29, 0.717) is 0 Å². The van der Waals surface area contributed by atoms with Crippen LogP contribution < -0.4 is 0 Å². The van der Waals surface area contributed by atoms with Gasteiger partial charge in [-0.3, -0.25) is 4.68 Å². The van der Waals surface area contributed by atoms with Crippen LogP contribution >= 0.6 is 11.8 Å². The zero-order valence-corrected chi connectivity index (χ0v) is 10.8.